The highest BCUT2D eigenvalue weighted by Gasteiger charge is 2.37. The summed E-state index contributed by atoms with van der Waals surface area (Å²) in [5.74, 6) is 0. The Morgan fingerprint density at radius 3 is 2.43 bits per heavy atom. The molecule has 1 aromatic rings. The molecule has 21 heavy (non-hydrogen) atoms. The van der Waals surface area contributed by atoms with E-state index in [4.69, 9.17) is 0 Å². The Balaban J connectivity index is 2.38. The van der Waals surface area contributed by atoms with Crippen molar-refractivity contribution in [2.24, 2.45) is 5.41 Å². The van der Waals surface area contributed by atoms with Gasteiger partial charge in [-0.1, -0.05) is 17.7 Å². The minimum Gasteiger partial charge on any atom is -0.624 e. The highest BCUT2D eigenvalue weighted by Crippen LogP contribution is 2.24. The number of hydrogen-bond donors (Lipinski definition) is 0. The van der Waals surface area contributed by atoms with Gasteiger partial charge in [0, 0.05) is 6.54 Å². The number of hydrogen-bond acceptors (Lipinski definition) is 3. The second-order valence-electron chi connectivity index (χ2n) is 6.44. The summed E-state index contributed by atoms with van der Waals surface area (Å²) in [5, 5.41) is 11.9. The van der Waals surface area contributed by atoms with Crippen LogP contribution in [0, 0.1) is 17.5 Å². The van der Waals surface area contributed by atoms with Crippen LogP contribution in [0.5, 0.6) is 0 Å². The van der Waals surface area contributed by atoms with E-state index >= 15 is 0 Å². The first-order chi connectivity index (χ1) is 9.62. The molecule has 0 spiro atoms. The van der Waals surface area contributed by atoms with Crippen molar-refractivity contribution in [1.82, 2.24) is 4.31 Å². The molecule has 0 aliphatic carbocycles. The average molecular weight is 310 g/mol. The third kappa shape index (κ3) is 3.44. The Morgan fingerprint density at radius 2 is 1.86 bits per heavy atom. The molecule has 0 saturated heterocycles. The van der Waals surface area contributed by atoms with E-state index in [1.807, 2.05) is 20.8 Å². The molecule has 0 bridgehead atoms. The highest BCUT2D eigenvalue weighted by atomic mass is 32.2. The van der Waals surface area contributed by atoms with E-state index in [1.165, 1.54) is 4.31 Å². The Hall–Kier alpha value is -1.40. The monoisotopic (exact) mass is 310 g/mol. The van der Waals surface area contributed by atoms with Crippen molar-refractivity contribution in [2.75, 3.05) is 13.1 Å². The van der Waals surface area contributed by atoms with Gasteiger partial charge in [-0.15, -0.1) is 0 Å². The van der Waals surface area contributed by atoms with Gasteiger partial charge in [0.05, 0.1) is 16.9 Å². The predicted octanol–water partition coefficient (Wildman–Crippen LogP) is 2.00. The highest BCUT2D eigenvalue weighted by molar-refractivity contribution is 7.89. The van der Waals surface area contributed by atoms with Crippen molar-refractivity contribution in [2.45, 2.75) is 38.6 Å². The van der Waals surface area contributed by atoms with Gasteiger partial charge >= 0.3 is 0 Å². The number of hydroxylamine groups is 1. The second-order valence-corrected chi connectivity index (χ2v) is 8.38. The predicted molar refractivity (Wildman–Crippen MR) is 82.9 cm³/mol. The number of nitrogens with zero attached hydrogens (tertiary/aromatic N) is 2. The lowest BCUT2D eigenvalue weighted by Crippen LogP contribution is -2.40. The third-order valence-corrected chi connectivity index (χ3v) is 5.45. The molecule has 0 fully saturated rings. The molecule has 116 valence electrons. The summed E-state index contributed by atoms with van der Waals surface area (Å²) in [5.41, 5.74) is 0.516. The van der Waals surface area contributed by atoms with Crippen LogP contribution in [-0.2, 0) is 10.0 Å². The van der Waals surface area contributed by atoms with E-state index in [0.717, 1.165) is 10.3 Å². The van der Waals surface area contributed by atoms with Crippen LogP contribution in [0.3, 0.4) is 0 Å². The SMILES string of the molecule is Cc1ccc(S(=O)(=O)N2CC(C)[N+]([O-])=CC(C)(C)C2)cc1. The van der Waals surface area contributed by atoms with E-state index in [0.29, 0.717) is 6.54 Å². The van der Waals surface area contributed by atoms with Gasteiger partial charge in [0.15, 0.2) is 12.3 Å². The fourth-order valence-corrected chi connectivity index (χ4v) is 4.14. The molecule has 1 aliphatic rings. The molecule has 1 unspecified atom stereocenters. The molecule has 0 amide bonds. The van der Waals surface area contributed by atoms with Crippen LogP contribution < -0.4 is 0 Å². The summed E-state index contributed by atoms with van der Waals surface area (Å²) >= 11 is 0. The summed E-state index contributed by atoms with van der Waals surface area (Å²) in [6, 6.07) is 6.40. The molecule has 0 N–H and O–H groups in total. The third-order valence-electron chi connectivity index (χ3n) is 3.62. The van der Waals surface area contributed by atoms with Gasteiger partial charge in [-0.3, -0.25) is 0 Å². The van der Waals surface area contributed by atoms with Gasteiger partial charge in [-0.25, -0.2) is 13.2 Å². The minimum atomic E-state index is -3.58. The van der Waals surface area contributed by atoms with Gasteiger partial charge in [-0.2, -0.15) is 4.31 Å². The first-order valence-corrected chi connectivity index (χ1v) is 8.44. The second kappa shape index (κ2) is 5.42. The molecule has 0 radical (unpaired) electrons. The maximum absolute atomic E-state index is 12.8. The lowest BCUT2D eigenvalue weighted by Gasteiger charge is -2.25. The molecular formula is C15H22N2O3S. The number of sulfonamides is 1. The minimum absolute atomic E-state index is 0.194. The zero-order valence-electron chi connectivity index (χ0n) is 12.9. The Bertz CT molecular complexity index is 648. The van der Waals surface area contributed by atoms with Gasteiger partial charge < -0.3 is 5.21 Å². The van der Waals surface area contributed by atoms with Gasteiger partial charge in [0.25, 0.3) is 0 Å². The molecule has 1 aromatic carbocycles. The normalized spacial score (nSPS) is 23.4. The molecule has 0 aromatic heterocycles. The van der Waals surface area contributed by atoms with Crippen LogP contribution in [0.1, 0.15) is 26.3 Å². The lowest BCUT2D eigenvalue weighted by molar-refractivity contribution is -0.492. The Morgan fingerprint density at radius 1 is 1.29 bits per heavy atom. The van der Waals surface area contributed by atoms with Crippen molar-refractivity contribution in [3.05, 3.63) is 35.0 Å². The van der Waals surface area contributed by atoms with E-state index in [1.54, 1.807) is 37.4 Å². The topological polar surface area (TPSA) is 63.5 Å². The van der Waals surface area contributed by atoms with Gasteiger partial charge in [0.2, 0.25) is 10.0 Å². The Kier molecular flexibility index (Phi) is 4.13. The zero-order valence-corrected chi connectivity index (χ0v) is 13.7. The molecule has 1 atom stereocenters. The first-order valence-electron chi connectivity index (χ1n) is 7.00. The molecule has 6 heteroatoms. The average Bonchev–Trinajstić information content (AvgIpc) is 2.47. The smallest absolute Gasteiger partial charge is 0.243 e. The van der Waals surface area contributed by atoms with E-state index in [-0.39, 0.29) is 11.4 Å². The molecule has 1 aliphatic heterocycles. The van der Waals surface area contributed by atoms with E-state index in [9.17, 15) is 13.6 Å². The quantitative estimate of drug-likeness (QED) is 0.620. The van der Waals surface area contributed by atoms with E-state index in [2.05, 4.69) is 0 Å². The van der Waals surface area contributed by atoms with Crippen molar-refractivity contribution in [3.63, 3.8) is 0 Å². The van der Waals surface area contributed by atoms with Crippen LogP contribution in [0.2, 0.25) is 0 Å². The number of benzene rings is 1. The Labute approximate surface area is 126 Å². The summed E-state index contributed by atoms with van der Waals surface area (Å²) in [7, 11) is -3.58. The van der Waals surface area contributed by atoms with Crippen molar-refractivity contribution in [3.8, 4) is 0 Å². The first kappa shape index (κ1) is 16.0. The van der Waals surface area contributed by atoms with Crippen molar-refractivity contribution < 1.29 is 13.2 Å². The van der Waals surface area contributed by atoms with Crippen LogP contribution in [0.4, 0.5) is 0 Å². The van der Waals surface area contributed by atoms with Gasteiger partial charge in [0.1, 0.15) is 0 Å². The fourth-order valence-electron chi connectivity index (χ4n) is 2.45. The molecule has 0 saturated carbocycles. The largest absolute Gasteiger partial charge is 0.624 e. The molecular weight excluding hydrogens is 288 g/mol. The molecule has 1 heterocycles. The lowest BCUT2D eigenvalue weighted by atomic mass is 9.96. The summed E-state index contributed by atoms with van der Waals surface area (Å²) in [4.78, 5) is 0.274. The number of aryl methyl sites for hydroxylation is 1. The maximum Gasteiger partial charge on any atom is 0.243 e. The standard InChI is InChI=1S/C15H22N2O3S/c1-12-5-7-14(8-6-12)21(19,20)16-9-13(2)17(18)11-15(3,4)10-16/h5-8,11,13H,9-10H2,1-4H3. The van der Waals surface area contributed by atoms with Crippen LogP contribution in [-0.4, -0.2) is 42.8 Å². The number of rotatable bonds is 2. The maximum atomic E-state index is 12.8. The molecule has 5 nitrogen and oxygen atoms in total. The van der Waals surface area contributed by atoms with E-state index < -0.39 is 21.5 Å². The van der Waals surface area contributed by atoms with Crippen LogP contribution >= 0.6 is 0 Å². The fraction of sp³-hybridized carbons (Fsp3) is 0.533. The van der Waals surface area contributed by atoms with Crippen molar-refractivity contribution in [1.29, 1.82) is 0 Å². The van der Waals surface area contributed by atoms with Crippen LogP contribution in [0.15, 0.2) is 29.2 Å². The molecule has 2 rings (SSSR count). The van der Waals surface area contributed by atoms with Gasteiger partial charge in [-0.05, 0) is 39.8 Å². The summed E-state index contributed by atoms with van der Waals surface area (Å²) in [6.45, 7) is 7.88. The van der Waals surface area contributed by atoms with Crippen LogP contribution in [0.25, 0.3) is 0 Å². The zero-order chi connectivity index (χ0) is 15.8. The summed E-state index contributed by atoms with van der Waals surface area (Å²) in [6.07, 6.45) is 1.57. The van der Waals surface area contributed by atoms with Crippen molar-refractivity contribution >= 4 is 16.2 Å². The summed E-state index contributed by atoms with van der Waals surface area (Å²) < 4.78 is 27.8.